The van der Waals surface area contributed by atoms with E-state index in [2.05, 4.69) is 143 Å². The summed E-state index contributed by atoms with van der Waals surface area (Å²) in [6.45, 7) is 24.2. The summed E-state index contributed by atoms with van der Waals surface area (Å²) in [7, 11) is 8.79. The van der Waals surface area contributed by atoms with Crippen LogP contribution in [0.3, 0.4) is 0 Å². The molecule has 0 aliphatic carbocycles. The van der Waals surface area contributed by atoms with Gasteiger partial charge in [0.2, 0.25) is 8.87 Å². The minimum Gasteiger partial charge on any atom is -0.496 e. The average molecular weight is 1030 g/mol. The first-order valence-electron chi connectivity index (χ1n) is 16.6. The Morgan fingerprint density at radius 1 is 0.611 bits per heavy atom. The number of benzene rings is 4. The van der Waals surface area contributed by atoms with Crippen LogP contribution in [0.15, 0.2) is 80.2 Å². The number of hydrogen-bond donors (Lipinski definition) is 1. The molecule has 0 fully saturated rings. The van der Waals surface area contributed by atoms with Gasteiger partial charge in [-0.15, -0.1) is 37.2 Å². The van der Waals surface area contributed by atoms with Crippen LogP contribution in [0.1, 0.15) is 79.6 Å². The van der Waals surface area contributed by atoms with Gasteiger partial charge < -0.3 is 9.47 Å². The summed E-state index contributed by atoms with van der Waals surface area (Å²) in [5, 5.41) is 0. The van der Waals surface area contributed by atoms with Crippen molar-refractivity contribution >= 4 is 96.8 Å². The molecule has 298 valence electrons. The second-order valence-corrected chi connectivity index (χ2v) is 15.6. The van der Waals surface area contributed by atoms with E-state index in [9.17, 15) is 8.42 Å². The highest BCUT2D eigenvalue weighted by atomic mass is 128. The lowest BCUT2D eigenvalue weighted by molar-refractivity contribution is 0.411. The highest BCUT2D eigenvalue weighted by Crippen LogP contribution is 2.36. The van der Waals surface area contributed by atoms with Crippen LogP contribution in [0.4, 0.5) is 0 Å². The van der Waals surface area contributed by atoms with Crippen molar-refractivity contribution in [2.24, 2.45) is 0 Å². The maximum Gasteiger partial charge on any atom is 0.234 e. The Hall–Kier alpha value is -1.37. The number of rotatable bonds is 6. The monoisotopic (exact) mass is 1030 g/mol. The van der Waals surface area contributed by atoms with Gasteiger partial charge in [-0.05, 0) is 143 Å². The molecular weight excluding hydrogens is 972 g/mol. The number of hydrogen-bond acceptors (Lipinski definition) is 7. The molecule has 54 heavy (non-hydrogen) atoms. The highest BCUT2D eigenvalue weighted by Gasteiger charge is 2.18. The van der Waals surface area contributed by atoms with Gasteiger partial charge in [0.15, 0.2) is 0 Å². The maximum absolute atomic E-state index is 12.5. The summed E-state index contributed by atoms with van der Waals surface area (Å²) in [5.74, 6) is 1.75. The summed E-state index contributed by atoms with van der Waals surface area (Å²) < 4.78 is 35.4. The molecule has 4 rings (SSSR count). The molecular formula is C42H62B2I2O4S4. The van der Waals surface area contributed by atoms with Crippen LogP contribution in [0.2, 0.25) is 0 Å². The van der Waals surface area contributed by atoms with E-state index in [0.29, 0.717) is 4.90 Å². The van der Waals surface area contributed by atoms with E-state index in [4.69, 9.17) is 9.47 Å². The van der Waals surface area contributed by atoms with Crippen LogP contribution in [0.25, 0.3) is 0 Å². The summed E-state index contributed by atoms with van der Waals surface area (Å²) in [6.07, 6.45) is 10.1. The molecule has 12 heteroatoms. The molecule has 0 aliphatic rings. The van der Waals surface area contributed by atoms with Crippen LogP contribution in [-0.2, 0) is 8.87 Å². The summed E-state index contributed by atoms with van der Waals surface area (Å²) in [5.41, 5.74) is 9.24. The lowest BCUT2D eigenvalue weighted by Gasteiger charge is -2.11. The number of thiol groups is 1. The lowest BCUT2D eigenvalue weighted by Crippen LogP contribution is -1.97. The predicted octanol–water partition coefficient (Wildman–Crippen LogP) is 14.0. The van der Waals surface area contributed by atoms with E-state index < -0.39 is 8.87 Å². The second kappa shape index (κ2) is 36.0. The summed E-state index contributed by atoms with van der Waals surface area (Å²) in [6, 6.07) is 19.1. The van der Waals surface area contributed by atoms with Gasteiger partial charge in [-0.2, -0.15) is 0 Å². The first-order valence-corrected chi connectivity index (χ1v) is 27.3. The SMILES string of the molecule is C.C#C.CC.CC.COc1cc(C)c(SC)cc1C.COc1cc(C)c(SS(=O)(=O)c2ccc(C)cc2)cc1C.Cc1cc(C)c(S)cc1C.II.[B][B]. The van der Waals surface area contributed by atoms with Crippen molar-refractivity contribution in [3.05, 3.63) is 105 Å². The van der Waals surface area contributed by atoms with E-state index in [1.807, 2.05) is 60.6 Å². The van der Waals surface area contributed by atoms with E-state index >= 15 is 0 Å². The number of aryl methyl sites for hydroxylation is 8. The molecule has 4 aromatic rings. The topological polar surface area (TPSA) is 52.6 Å². The van der Waals surface area contributed by atoms with Gasteiger partial charge in [0, 0.05) is 78.2 Å². The number of ether oxygens (including phenoxy) is 2. The Balaban J connectivity index is -0.000000208. The standard InChI is InChI=1S/C16H18O3S2.C10H14OS.C9H12S.2C2H6.C2H2.CH4.B2.I2/c1-11-5-7-14(8-6-11)21(17,18)20-16-10-12(2)15(19-4)9-13(16)3;1-7-6-10(12-4)8(2)5-9(7)11-3;1-6-4-8(3)9(10)5-7(6)2;3*1-2;;2*1-2/h5-10H,1-4H3;5-6H,1-4H3;4-5,10H,1-3H3;2*1-2H3;1-2H;1H4;;. The molecule has 0 N–H and O–H groups in total. The largest absolute Gasteiger partial charge is 0.496 e. The van der Waals surface area contributed by atoms with E-state index in [0.717, 1.165) is 48.8 Å². The zero-order valence-electron chi connectivity index (χ0n) is 34.1. The van der Waals surface area contributed by atoms with Gasteiger partial charge in [0.1, 0.15) is 11.5 Å². The van der Waals surface area contributed by atoms with Gasteiger partial charge in [0.05, 0.1) is 19.1 Å². The van der Waals surface area contributed by atoms with Crippen LogP contribution in [0, 0.1) is 68.2 Å². The van der Waals surface area contributed by atoms with Gasteiger partial charge in [-0.25, -0.2) is 8.42 Å². The number of terminal acetylenes is 1. The van der Waals surface area contributed by atoms with Gasteiger partial charge >= 0.3 is 0 Å². The Bertz CT molecular complexity index is 1640. The molecule has 0 aliphatic heterocycles. The zero-order valence-corrected chi connectivity index (χ0v) is 41.8. The Morgan fingerprint density at radius 3 is 1.35 bits per heavy atom. The van der Waals surface area contributed by atoms with Crippen molar-refractivity contribution < 1.29 is 17.9 Å². The molecule has 0 spiro atoms. The average Bonchev–Trinajstić information content (AvgIpc) is 3.17. The minimum absolute atomic E-state index is 0. The molecule has 4 radical (unpaired) electrons. The number of halogens is 2. The lowest BCUT2D eigenvalue weighted by atomic mass is 9.81. The molecule has 4 nitrogen and oxygen atoms in total. The Labute approximate surface area is 371 Å². The Morgan fingerprint density at radius 2 is 0.981 bits per heavy atom. The molecule has 4 aromatic carbocycles. The predicted molar refractivity (Wildman–Crippen MR) is 268 cm³/mol. The second-order valence-electron chi connectivity index (χ2n) is 10.5. The van der Waals surface area contributed by atoms with Crippen molar-refractivity contribution in [1.29, 1.82) is 0 Å². The van der Waals surface area contributed by atoms with E-state index in [1.54, 1.807) is 50.2 Å². The molecule has 0 atom stereocenters. The fourth-order valence-corrected chi connectivity index (χ4v) is 8.11. The van der Waals surface area contributed by atoms with Gasteiger partial charge in [-0.3, -0.25) is 0 Å². The van der Waals surface area contributed by atoms with Crippen molar-refractivity contribution in [2.75, 3.05) is 20.5 Å². The molecule has 0 aromatic heterocycles. The van der Waals surface area contributed by atoms with Crippen LogP contribution in [0.5, 0.6) is 11.5 Å². The normalized spacial score (nSPS) is 8.96. The van der Waals surface area contributed by atoms with Gasteiger partial charge in [-0.1, -0.05) is 58.9 Å². The minimum atomic E-state index is -3.41. The van der Waals surface area contributed by atoms with Crippen LogP contribution in [-0.4, -0.2) is 44.4 Å². The van der Waals surface area contributed by atoms with E-state index in [-0.39, 0.29) is 7.43 Å². The fraction of sp³-hybridized carbons (Fsp3) is 0.381. The third-order valence-corrected chi connectivity index (χ3v) is 11.8. The molecule has 0 unspecified atom stereocenters. The maximum atomic E-state index is 12.5. The fourth-order valence-electron chi connectivity index (χ4n) is 4.09. The first-order chi connectivity index (χ1) is 25.1. The third kappa shape index (κ3) is 23.0. The molecule has 0 heterocycles. The molecule has 0 saturated heterocycles. The Kier molecular flexibility index (Phi) is 41.2. The number of thioether (sulfide) groups is 1. The number of methoxy groups -OCH3 is 2. The van der Waals surface area contributed by atoms with E-state index in [1.165, 1.54) is 32.7 Å². The summed E-state index contributed by atoms with van der Waals surface area (Å²) in [4.78, 5) is 3.47. The molecule has 0 amide bonds. The molecule has 0 bridgehead atoms. The molecule has 0 saturated carbocycles. The quantitative estimate of drug-likeness (QED) is 0.0519. The van der Waals surface area contributed by atoms with Crippen molar-refractivity contribution in [1.82, 2.24) is 0 Å². The zero-order chi connectivity index (χ0) is 42.5. The smallest absolute Gasteiger partial charge is 0.234 e. The van der Waals surface area contributed by atoms with Crippen LogP contribution >= 0.6 is 72.4 Å². The third-order valence-electron chi connectivity index (χ3n) is 6.93. The summed E-state index contributed by atoms with van der Waals surface area (Å²) >= 11 is 10.3. The van der Waals surface area contributed by atoms with Crippen molar-refractivity contribution in [2.45, 2.75) is 110 Å². The van der Waals surface area contributed by atoms with Crippen molar-refractivity contribution in [3.63, 3.8) is 0 Å². The van der Waals surface area contributed by atoms with Crippen LogP contribution < -0.4 is 9.47 Å². The highest BCUT2D eigenvalue weighted by molar-refractivity contribution is 15.0. The van der Waals surface area contributed by atoms with Gasteiger partial charge in [0.25, 0.3) is 0 Å². The first kappa shape index (κ1) is 61.8. The van der Waals surface area contributed by atoms with Crippen molar-refractivity contribution in [3.8, 4) is 24.3 Å².